The van der Waals surface area contributed by atoms with Crippen LogP contribution in [0.5, 0.6) is 0 Å². The molecule has 3 rings (SSSR count). The van der Waals surface area contributed by atoms with Gasteiger partial charge in [0.25, 0.3) is 5.56 Å². The molecule has 0 bridgehead atoms. The van der Waals surface area contributed by atoms with E-state index in [1.54, 1.807) is 5.51 Å². The van der Waals surface area contributed by atoms with Gasteiger partial charge in [-0.25, -0.2) is 4.98 Å². The lowest BCUT2D eigenvalue weighted by Gasteiger charge is -2.28. The normalized spacial score (nSPS) is 18.1. The average molecular weight is 294 g/mol. The van der Waals surface area contributed by atoms with Crippen molar-refractivity contribution in [1.29, 1.82) is 0 Å². The Labute approximate surface area is 120 Å². The van der Waals surface area contributed by atoms with Gasteiger partial charge in [-0.3, -0.25) is 9.69 Å². The Balaban J connectivity index is 1.73. The first-order chi connectivity index (χ1) is 9.56. The molecule has 2 aromatic rings. The van der Waals surface area contributed by atoms with E-state index in [0.29, 0.717) is 18.1 Å². The van der Waals surface area contributed by atoms with E-state index in [1.807, 2.05) is 11.9 Å². The van der Waals surface area contributed by atoms with E-state index in [-0.39, 0.29) is 5.56 Å². The second-order valence-electron chi connectivity index (χ2n) is 5.62. The molecule has 6 nitrogen and oxygen atoms in total. The number of likely N-dealkylation sites (N-methyl/N-ethyl adjacent to an activating group) is 1. The van der Waals surface area contributed by atoms with E-state index in [1.165, 1.54) is 21.9 Å². The van der Waals surface area contributed by atoms with Crippen LogP contribution in [0.4, 0.5) is 0 Å². The van der Waals surface area contributed by atoms with Crippen LogP contribution in [0.3, 0.4) is 0 Å². The summed E-state index contributed by atoms with van der Waals surface area (Å²) in [6.45, 7) is 1.18. The smallest absolute Gasteiger partial charge is 0.275 e. The third-order valence-corrected chi connectivity index (χ3v) is 4.45. The molecule has 0 radical (unpaired) electrons. The highest BCUT2D eigenvalue weighted by atomic mass is 32.1. The van der Waals surface area contributed by atoms with Gasteiger partial charge >= 0.3 is 0 Å². The third kappa shape index (κ3) is 2.74. The summed E-state index contributed by atoms with van der Waals surface area (Å²) >= 11 is 1.35. The van der Waals surface area contributed by atoms with Crippen LogP contribution in [0.25, 0.3) is 4.96 Å². The van der Waals surface area contributed by atoms with Crippen LogP contribution in [-0.2, 0) is 6.54 Å². The van der Waals surface area contributed by atoms with Crippen molar-refractivity contribution in [3.63, 3.8) is 0 Å². The number of hydrogen-bond donors (Lipinski definition) is 1. The first kappa shape index (κ1) is 13.7. The molecule has 2 aromatic heterocycles. The second-order valence-corrected chi connectivity index (χ2v) is 6.43. The van der Waals surface area contributed by atoms with Gasteiger partial charge in [-0.2, -0.15) is 9.61 Å². The lowest BCUT2D eigenvalue weighted by molar-refractivity contribution is 0.0143. The van der Waals surface area contributed by atoms with Crippen LogP contribution in [0.1, 0.15) is 31.4 Å². The monoisotopic (exact) mass is 294 g/mol. The zero-order chi connectivity index (χ0) is 14.2. The minimum absolute atomic E-state index is 0.153. The first-order valence-corrected chi connectivity index (χ1v) is 7.67. The van der Waals surface area contributed by atoms with E-state index in [0.717, 1.165) is 31.4 Å². The molecule has 0 spiro atoms. The highest BCUT2D eigenvalue weighted by molar-refractivity contribution is 7.14. The lowest BCUT2D eigenvalue weighted by Crippen LogP contribution is -2.39. The van der Waals surface area contributed by atoms with E-state index in [2.05, 4.69) is 10.1 Å². The van der Waals surface area contributed by atoms with Crippen LogP contribution in [0.15, 0.2) is 16.4 Å². The maximum atomic E-state index is 11.8. The predicted molar refractivity (Wildman–Crippen MR) is 76.9 cm³/mol. The zero-order valence-corrected chi connectivity index (χ0v) is 12.3. The van der Waals surface area contributed by atoms with Gasteiger partial charge in [0.2, 0.25) is 4.96 Å². The number of aromatic nitrogens is 3. The highest BCUT2D eigenvalue weighted by Crippen LogP contribution is 2.30. The van der Waals surface area contributed by atoms with Gasteiger partial charge in [0, 0.05) is 19.2 Å². The summed E-state index contributed by atoms with van der Waals surface area (Å²) in [4.78, 5) is 18.9. The Kier molecular flexibility index (Phi) is 3.57. The molecule has 1 saturated carbocycles. The Morgan fingerprint density at radius 3 is 3.00 bits per heavy atom. The lowest BCUT2D eigenvalue weighted by atomic mass is 10.0. The van der Waals surface area contributed by atoms with Crippen LogP contribution in [0, 0.1) is 0 Å². The molecular weight excluding hydrogens is 276 g/mol. The van der Waals surface area contributed by atoms with Crippen molar-refractivity contribution in [3.05, 3.63) is 27.6 Å². The standard InChI is InChI=1S/C13H18N4O2S/c1-16(8-13(19)4-2-3-5-13)7-10-6-11(18)17-12(15-10)20-9-14-17/h6,9,19H,2-5,7-8H2,1H3. The maximum Gasteiger partial charge on any atom is 0.275 e. The molecule has 0 atom stereocenters. The van der Waals surface area contributed by atoms with Gasteiger partial charge in [0.05, 0.1) is 11.3 Å². The quantitative estimate of drug-likeness (QED) is 0.906. The summed E-state index contributed by atoms with van der Waals surface area (Å²) in [7, 11) is 1.95. The van der Waals surface area contributed by atoms with Gasteiger partial charge in [-0.05, 0) is 19.9 Å². The molecule has 108 valence electrons. The van der Waals surface area contributed by atoms with Crippen molar-refractivity contribution in [3.8, 4) is 0 Å². The summed E-state index contributed by atoms with van der Waals surface area (Å²) in [6, 6.07) is 1.52. The first-order valence-electron chi connectivity index (χ1n) is 6.79. The number of nitrogens with zero attached hydrogens (tertiary/aromatic N) is 4. The third-order valence-electron chi connectivity index (χ3n) is 3.77. The summed E-state index contributed by atoms with van der Waals surface area (Å²) in [6.07, 6.45) is 3.91. The van der Waals surface area contributed by atoms with Crippen molar-refractivity contribution in [2.24, 2.45) is 0 Å². The summed E-state index contributed by atoms with van der Waals surface area (Å²) in [5.41, 5.74) is 1.61. The number of fused-ring (bicyclic) bond motifs is 1. The largest absolute Gasteiger partial charge is 0.389 e. The van der Waals surface area contributed by atoms with Crippen LogP contribution in [-0.4, -0.2) is 43.8 Å². The Morgan fingerprint density at radius 1 is 1.50 bits per heavy atom. The van der Waals surface area contributed by atoms with Crippen LogP contribution >= 0.6 is 11.3 Å². The molecule has 7 heteroatoms. The summed E-state index contributed by atoms with van der Waals surface area (Å²) < 4.78 is 1.30. The van der Waals surface area contributed by atoms with Crippen molar-refractivity contribution in [1.82, 2.24) is 19.5 Å². The van der Waals surface area contributed by atoms with E-state index in [4.69, 9.17) is 0 Å². The molecular formula is C13H18N4O2S. The van der Waals surface area contributed by atoms with Crippen molar-refractivity contribution in [2.45, 2.75) is 37.8 Å². The van der Waals surface area contributed by atoms with Gasteiger partial charge in [-0.15, -0.1) is 0 Å². The molecule has 0 aliphatic heterocycles. The molecule has 0 saturated heterocycles. The summed E-state index contributed by atoms with van der Waals surface area (Å²) in [5.74, 6) is 0. The van der Waals surface area contributed by atoms with E-state index >= 15 is 0 Å². The molecule has 0 unspecified atom stereocenters. The zero-order valence-electron chi connectivity index (χ0n) is 11.4. The number of rotatable bonds is 4. The Hall–Kier alpha value is -1.31. The molecule has 1 aliphatic carbocycles. The molecule has 1 N–H and O–H groups in total. The van der Waals surface area contributed by atoms with Crippen molar-refractivity contribution >= 4 is 16.3 Å². The van der Waals surface area contributed by atoms with Crippen LogP contribution in [0.2, 0.25) is 0 Å². The number of hydrogen-bond acceptors (Lipinski definition) is 6. The molecule has 0 aromatic carbocycles. The van der Waals surface area contributed by atoms with E-state index in [9.17, 15) is 9.90 Å². The fourth-order valence-electron chi connectivity index (χ4n) is 2.91. The van der Waals surface area contributed by atoms with Crippen LogP contribution < -0.4 is 5.56 Å². The fourth-order valence-corrected chi connectivity index (χ4v) is 3.55. The minimum Gasteiger partial charge on any atom is -0.389 e. The van der Waals surface area contributed by atoms with Gasteiger partial charge in [-0.1, -0.05) is 24.2 Å². The van der Waals surface area contributed by atoms with Gasteiger partial charge < -0.3 is 5.11 Å². The van der Waals surface area contributed by atoms with E-state index < -0.39 is 5.60 Å². The topological polar surface area (TPSA) is 70.7 Å². The maximum absolute atomic E-state index is 11.8. The van der Waals surface area contributed by atoms with Gasteiger partial charge in [0.1, 0.15) is 5.51 Å². The average Bonchev–Trinajstić information content (AvgIpc) is 2.98. The summed E-state index contributed by atoms with van der Waals surface area (Å²) in [5, 5.41) is 14.3. The SMILES string of the molecule is CN(Cc1cc(=O)n2ncsc2n1)CC1(O)CCCC1. The molecule has 0 amide bonds. The number of aliphatic hydroxyl groups is 1. The molecule has 20 heavy (non-hydrogen) atoms. The van der Waals surface area contributed by atoms with Crippen molar-refractivity contribution in [2.75, 3.05) is 13.6 Å². The minimum atomic E-state index is -0.571. The van der Waals surface area contributed by atoms with Crippen molar-refractivity contribution < 1.29 is 5.11 Å². The Bertz CT molecular complexity index is 660. The molecule has 2 heterocycles. The highest BCUT2D eigenvalue weighted by Gasteiger charge is 2.32. The second kappa shape index (κ2) is 5.23. The predicted octanol–water partition coefficient (Wildman–Crippen LogP) is 0.888. The fraction of sp³-hybridized carbons (Fsp3) is 0.615. The van der Waals surface area contributed by atoms with Gasteiger partial charge in [0.15, 0.2) is 0 Å². The Morgan fingerprint density at radius 2 is 2.25 bits per heavy atom. The molecule has 1 aliphatic rings. The molecule has 1 fully saturated rings.